The Morgan fingerprint density at radius 1 is 1.08 bits per heavy atom. The Morgan fingerprint density at radius 2 is 1.72 bits per heavy atom. The van der Waals surface area contributed by atoms with Gasteiger partial charge in [0.1, 0.15) is 0 Å². The van der Waals surface area contributed by atoms with Crippen LogP contribution in [0, 0.1) is 11.3 Å². The second-order valence-corrected chi connectivity index (χ2v) is 8.16. The van der Waals surface area contributed by atoms with Crippen molar-refractivity contribution in [2.75, 3.05) is 26.2 Å². The maximum Gasteiger partial charge on any atom is 0.289 e. The zero-order chi connectivity index (χ0) is 18.0. The molecule has 0 N–H and O–H groups in total. The number of amides is 1. The highest BCUT2D eigenvalue weighted by Crippen LogP contribution is 2.20. The predicted molar refractivity (Wildman–Crippen MR) is 92.2 cm³/mol. The molecule has 9 heteroatoms. The Kier molecular flexibility index (Phi) is 4.94. The minimum atomic E-state index is -3.64. The van der Waals surface area contributed by atoms with E-state index in [2.05, 4.69) is 15.9 Å². The van der Waals surface area contributed by atoms with E-state index in [4.69, 9.17) is 9.68 Å². The van der Waals surface area contributed by atoms with Crippen molar-refractivity contribution in [3.63, 3.8) is 0 Å². The van der Waals surface area contributed by atoms with E-state index in [-0.39, 0.29) is 42.7 Å². The monoisotopic (exact) mass is 423 g/mol. The Morgan fingerprint density at radius 3 is 2.24 bits per heavy atom. The van der Waals surface area contributed by atoms with Gasteiger partial charge in [-0.25, -0.2) is 8.42 Å². The van der Waals surface area contributed by atoms with Crippen molar-refractivity contribution in [1.82, 2.24) is 9.21 Å². The number of carbonyl (C=O) groups is 1. The highest BCUT2D eigenvalue weighted by atomic mass is 79.9. The fourth-order valence-corrected chi connectivity index (χ4v) is 4.30. The summed E-state index contributed by atoms with van der Waals surface area (Å²) in [6.07, 6.45) is 0. The highest BCUT2D eigenvalue weighted by molar-refractivity contribution is 9.10. The van der Waals surface area contributed by atoms with Crippen LogP contribution in [-0.4, -0.2) is 49.7 Å². The summed E-state index contributed by atoms with van der Waals surface area (Å²) in [5.74, 6) is -0.0450. The third kappa shape index (κ3) is 3.61. The summed E-state index contributed by atoms with van der Waals surface area (Å²) in [6.45, 7) is 0.977. The van der Waals surface area contributed by atoms with Gasteiger partial charge < -0.3 is 9.32 Å². The van der Waals surface area contributed by atoms with Crippen molar-refractivity contribution < 1.29 is 17.6 Å². The quantitative estimate of drug-likeness (QED) is 0.752. The lowest BCUT2D eigenvalue weighted by atomic mass is 10.2. The van der Waals surface area contributed by atoms with Gasteiger partial charge in [-0.1, -0.05) is 0 Å². The maximum atomic E-state index is 12.7. The molecule has 2 heterocycles. The van der Waals surface area contributed by atoms with Crippen molar-refractivity contribution >= 4 is 31.9 Å². The van der Waals surface area contributed by atoms with Crippen LogP contribution in [-0.2, 0) is 10.0 Å². The number of nitriles is 1. The first kappa shape index (κ1) is 17.7. The second kappa shape index (κ2) is 7.00. The molecule has 1 amide bonds. The number of sulfonamides is 1. The molecule has 3 rings (SSSR count). The number of furan rings is 1. The largest absolute Gasteiger partial charge is 0.444 e. The van der Waals surface area contributed by atoms with E-state index in [9.17, 15) is 13.2 Å². The Labute approximate surface area is 153 Å². The van der Waals surface area contributed by atoms with E-state index >= 15 is 0 Å². The van der Waals surface area contributed by atoms with Crippen molar-refractivity contribution in [3.8, 4) is 6.07 Å². The minimum Gasteiger partial charge on any atom is -0.444 e. The summed E-state index contributed by atoms with van der Waals surface area (Å²) < 4.78 is 32.4. The van der Waals surface area contributed by atoms with Gasteiger partial charge >= 0.3 is 0 Å². The standard InChI is InChI=1S/C16H14BrN3O4S/c17-15-6-5-14(24-15)16(21)19-7-9-20(10-8-19)25(22,23)13-3-1-12(11-18)2-4-13/h1-6H,7-10H2. The fraction of sp³-hybridized carbons (Fsp3) is 0.250. The van der Waals surface area contributed by atoms with E-state index in [1.165, 1.54) is 28.6 Å². The molecule has 0 saturated carbocycles. The molecule has 1 saturated heterocycles. The number of rotatable bonds is 3. The van der Waals surface area contributed by atoms with Gasteiger partial charge in [0.2, 0.25) is 10.0 Å². The molecule has 0 bridgehead atoms. The Hall–Kier alpha value is -2.15. The zero-order valence-electron chi connectivity index (χ0n) is 13.1. The van der Waals surface area contributed by atoms with Crippen molar-refractivity contribution in [2.24, 2.45) is 0 Å². The van der Waals surface area contributed by atoms with Gasteiger partial charge in [0, 0.05) is 26.2 Å². The van der Waals surface area contributed by atoms with Crippen LogP contribution < -0.4 is 0 Å². The van der Waals surface area contributed by atoms with Crippen molar-refractivity contribution in [1.29, 1.82) is 5.26 Å². The van der Waals surface area contributed by atoms with E-state index in [1.54, 1.807) is 17.0 Å². The lowest BCUT2D eigenvalue weighted by molar-refractivity contribution is 0.0664. The molecule has 0 radical (unpaired) electrons. The van der Waals surface area contributed by atoms with Gasteiger partial charge in [-0.05, 0) is 52.3 Å². The minimum absolute atomic E-state index is 0.140. The van der Waals surface area contributed by atoms with Gasteiger partial charge in [0.15, 0.2) is 10.4 Å². The van der Waals surface area contributed by atoms with E-state index < -0.39 is 10.0 Å². The number of piperazine rings is 1. The van der Waals surface area contributed by atoms with Crippen LogP contribution >= 0.6 is 15.9 Å². The van der Waals surface area contributed by atoms with Gasteiger partial charge in [0.05, 0.1) is 16.5 Å². The molecule has 0 spiro atoms. The normalized spacial score (nSPS) is 15.8. The second-order valence-electron chi connectivity index (χ2n) is 5.44. The molecular weight excluding hydrogens is 410 g/mol. The fourth-order valence-electron chi connectivity index (χ4n) is 2.57. The number of hydrogen-bond acceptors (Lipinski definition) is 5. The molecule has 1 aliphatic rings. The molecule has 0 aliphatic carbocycles. The first-order valence-corrected chi connectivity index (χ1v) is 9.70. The zero-order valence-corrected chi connectivity index (χ0v) is 15.5. The maximum absolute atomic E-state index is 12.7. The number of benzene rings is 1. The van der Waals surface area contributed by atoms with Crippen LogP contribution in [0.4, 0.5) is 0 Å². The molecule has 1 aromatic heterocycles. The first-order chi connectivity index (χ1) is 11.9. The third-order valence-electron chi connectivity index (χ3n) is 3.93. The predicted octanol–water partition coefficient (Wildman–Crippen LogP) is 2.06. The van der Waals surface area contributed by atoms with Crippen LogP contribution in [0.1, 0.15) is 16.1 Å². The van der Waals surface area contributed by atoms with Crippen LogP contribution in [0.15, 0.2) is 50.4 Å². The number of hydrogen-bond donors (Lipinski definition) is 0. The summed E-state index contributed by atoms with van der Waals surface area (Å²) in [5.41, 5.74) is 0.402. The van der Waals surface area contributed by atoms with Crippen LogP contribution in [0.2, 0.25) is 0 Å². The lowest BCUT2D eigenvalue weighted by Gasteiger charge is -2.33. The smallest absolute Gasteiger partial charge is 0.289 e. The van der Waals surface area contributed by atoms with Gasteiger partial charge in [-0.2, -0.15) is 9.57 Å². The first-order valence-electron chi connectivity index (χ1n) is 7.47. The topological polar surface area (TPSA) is 94.6 Å². The molecule has 0 atom stereocenters. The van der Waals surface area contributed by atoms with Gasteiger partial charge in [-0.15, -0.1) is 0 Å². The van der Waals surface area contributed by atoms with Crippen LogP contribution in [0.5, 0.6) is 0 Å². The van der Waals surface area contributed by atoms with E-state index in [0.29, 0.717) is 10.2 Å². The molecule has 1 aromatic carbocycles. The summed E-state index contributed by atoms with van der Waals surface area (Å²) >= 11 is 3.15. The number of halogens is 1. The Bertz CT molecular complexity index is 923. The summed E-state index contributed by atoms with van der Waals surface area (Å²) in [7, 11) is -3.64. The molecule has 0 unspecified atom stereocenters. The summed E-state index contributed by atoms with van der Waals surface area (Å²) in [4.78, 5) is 14.0. The van der Waals surface area contributed by atoms with Gasteiger partial charge in [0.25, 0.3) is 5.91 Å². The SMILES string of the molecule is N#Cc1ccc(S(=O)(=O)N2CCN(C(=O)c3ccc(Br)o3)CC2)cc1. The van der Waals surface area contributed by atoms with Crippen molar-refractivity contribution in [3.05, 3.63) is 52.4 Å². The number of nitrogens with zero attached hydrogens (tertiary/aromatic N) is 3. The van der Waals surface area contributed by atoms with Gasteiger partial charge in [-0.3, -0.25) is 4.79 Å². The molecule has 25 heavy (non-hydrogen) atoms. The molecule has 130 valence electrons. The lowest BCUT2D eigenvalue weighted by Crippen LogP contribution is -2.50. The van der Waals surface area contributed by atoms with Crippen LogP contribution in [0.25, 0.3) is 0 Å². The summed E-state index contributed by atoms with van der Waals surface area (Å²) in [5, 5.41) is 8.80. The molecular formula is C16H14BrN3O4S. The highest BCUT2D eigenvalue weighted by Gasteiger charge is 2.31. The van der Waals surface area contributed by atoms with E-state index in [1.807, 2.05) is 6.07 Å². The summed E-state index contributed by atoms with van der Waals surface area (Å²) in [6, 6.07) is 11.0. The molecule has 1 aliphatic heterocycles. The Balaban J connectivity index is 1.68. The molecule has 1 fully saturated rings. The number of carbonyl (C=O) groups excluding carboxylic acids is 1. The van der Waals surface area contributed by atoms with Crippen LogP contribution in [0.3, 0.4) is 0 Å². The van der Waals surface area contributed by atoms with E-state index in [0.717, 1.165) is 0 Å². The third-order valence-corrected chi connectivity index (χ3v) is 6.27. The van der Waals surface area contributed by atoms with Crippen molar-refractivity contribution in [2.45, 2.75) is 4.90 Å². The molecule has 7 nitrogen and oxygen atoms in total. The average Bonchev–Trinajstić information content (AvgIpc) is 3.07. The molecule has 2 aromatic rings. The average molecular weight is 424 g/mol.